The van der Waals surface area contributed by atoms with Crippen molar-refractivity contribution >= 4 is 29.1 Å². The lowest BCUT2D eigenvalue weighted by molar-refractivity contribution is -0.140. The lowest BCUT2D eigenvalue weighted by Gasteiger charge is -2.26. The molecule has 3 aromatic rings. The predicted molar refractivity (Wildman–Crippen MR) is 142 cm³/mol. The number of amides is 1. The monoisotopic (exact) mass is 503 g/mol. The van der Waals surface area contributed by atoms with E-state index >= 15 is 0 Å². The topological polar surface area (TPSA) is 66.8 Å². The molecule has 0 saturated carbocycles. The van der Waals surface area contributed by atoms with Crippen LogP contribution in [0, 0.1) is 0 Å². The number of Topliss-reactive ketones (excluding diaryl/α,β-unsaturated/α-hetero) is 1. The number of carbonyl (C=O) groups excluding carboxylic acids is 2. The Kier molecular flexibility index (Phi) is 7.23. The van der Waals surface area contributed by atoms with Crippen LogP contribution < -0.4 is 4.74 Å². The molecule has 0 bridgehead atoms. The number of nitrogens with zero attached hydrogens (tertiary/aromatic N) is 1. The number of aliphatic hydroxyl groups is 1. The van der Waals surface area contributed by atoms with Crippen LogP contribution >= 0.6 is 11.6 Å². The van der Waals surface area contributed by atoms with E-state index in [-0.39, 0.29) is 23.3 Å². The molecule has 0 aliphatic carbocycles. The molecule has 5 nitrogen and oxygen atoms in total. The molecule has 0 aromatic heterocycles. The highest BCUT2D eigenvalue weighted by molar-refractivity contribution is 6.46. The van der Waals surface area contributed by atoms with Gasteiger partial charge in [-0.05, 0) is 65.4 Å². The summed E-state index contributed by atoms with van der Waals surface area (Å²) < 4.78 is 5.52. The van der Waals surface area contributed by atoms with Crippen molar-refractivity contribution < 1.29 is 19.4 Å². The molecule has 1 aliphatic heterocycles. The third kappa shape index (κ3) is 5.17. The van der Waals surface area contributed by atoms with Crippen LogP contribution in [0.1, 0.15) is 56.0 Å². The van der Waals surface area contributed by atoms with E-state index in [1.54, 1.807) is 24.3 Å². The maximum atomic E-state index is 13.3. The van der Waals surface area contributed by atoms with Crippen molar-refractivity contribution in [2.75, 3.05) is 6.61 Å². The van der Waals surface area contributed by atoms with Gasteiger partial charge in [0.05, 0.1) is 18.2 Å². The molecule has 1 amide bonds. The Labute approximate surface area is 217 Å². The third-order valence-electron chi connectivity index (χ3n) is 6.34. The summed E-state index contributed by atoms with van der Waals surface area (Å²) in [5.74, 6) is -0.841. The van der Waals surface area contributed by atoms with Crippen LogP contribution in [0.3, 0.4) is 0 Å². The van der Waals surface area contributed by atoms with Crippen LogP contribution in [-0.2, 0) is 21.5 Å². The minimum absolute atomic E-state index is 0.0496. The van der Waals surface area contributed by atoms with E-state index in [9.17, 15) is 14.7 Å². The summed E-state index contributed by atoms with van der Waals surface area (Å²) in [6.45, 7) is 9.06. The Hall–Kier alpha value is -3.57. The molecule has 3 aromatic carbocycles. The Bertz CT molecular complexity index is 1290. The first-order valence-corrected chi connectivity index (χ1v) is 12.3. The number of benzene rings is 3. The Balaban J connectivity index is 1.80. The fourth-order valence-electron chi connectivity index (χ4n) is 4.37. The predicted octanol–water partition coefficient (Wildman–Crippen LogP) is 6.66. The number of aliphatic hydroxyl groups excluding tert-OH is 1. The van der Waals surface area contributed by atoms with Gasteiger partial charge in [0.2, 0.25) is 0 Å². The maximum absolute atomic E-state index is 13.3. The molecule has 0 radical (unpaired) electrons. The molecule has 1 atom stereocenters. The summed E-state index contributed by atoms with van der Waals surface area (Å²) in [5.41, 5.74) is 3.18. The Morgan fingerprint density at radius 2 is 1.56 bits per heavy atom. The van der Waals surface area contributed by atoms with E-state index in [1.165, 1.54) is 4.90 Å². The Morgan fingerprint density at radius 1 is 0.944 bits per heavy atom. The quantitative estimate of drug-likeness (QED) is 0.232. The summed E-state index contributed by atoms with van der Waals surface area (Å²) in [5, 5.41) is 11.7. The van der Waals surface area contributed by atoms with Crippen molar-refractivity contribution in [3.63, 3.8) is 0 Å². The fraction of sp³-hybridized carbons (Fsp3) is 0.267. The van der Waals surface area contributed by atoms with E-state index in [1.807, 2.05) is 55.5 Å². The van der Waals surface area contributed by atoms with Crippen LogP contribution in [0.2, 0.25) is 5.02 Å². The van der Waals surface area contributed by atoms with E-state index in [0.717, 1.165) is 22.4 Å². The van der Waals surface area contributed by atoms with E-state index in [4.69, 9.17) is 16.3 Å². The highest BCUT2D eigenvalue weighted by atomic mass is 35.5. The fourth-order valence-corrected chi connectivity index (χ4v) is 4.50. The zero-order valence-electron chi connectivity index (χ0n) is 20.9. The maximum Gasteiger partial charge on any atom is 0.295 e. The highest BCUT2D eigenvalue weighted by Crippen LogP contribution is 2.41. The van der Waals surface area contributed by atoms with E-state index in [0.29, 0.717) is 17.2 Å². The van der Waals surface area contributed by atoms with Gasteiger partial charge in [-0.2, -0.15) is 0 Å². The van der Waals surface area contributed by atoms with Gasteiger partial charge in [-0.3, -0.25) is 9.59 Å². The van der Waals surface area contributed by atoms with Gasteiger partial charge in [-0.1, -0.05) is 68.8 Å². The molecule has 1 saturated heterocycles. The number of ketones is 1. The minimum atomic E-state index is -0.735. The van der Waals surface area contributed by atoms with Gasteiger partial charge >= 0.3 is 0 Å². The van der Waals surface area contributed by atoms with Gasteiger partial charge in [0, 0.05) is 17.1 Å². The lowest BCUT2D eigenvalue weighted by Crippen LogP contribution is -2.29. The highest BCUT2D eigenvalue weighted by Gasteiger charge is 2.46. The van der Waals surface area contributed by atoms with E-state index < -0.39 is 17.7 Å². The van der Waals surface area contributed by atoms with Crippen LogP contribution in [0.25, 0.3) is 5.76 Å². The second kappa shape index (κ2) is 10.2. The molecule has 1 fully saturated rings. The number of likely N-dealkylation sites (tertiary alicyclic amines) is 1. The number of halogens is 1. The zero-order valence-corrected chi connectivity index (χ0v) is 21.7. The molecule has 1 N–H and O–H groups in total. The molecule has 36 heavy (non-hydrogen) atoms. The van der Waals surface area contributed by atoms with E-state index in [2.05, 4.69) is 20.8 Å². The van der Waals surface area contributed by atoms with Gasteiger partial charge in [0.25, 0.3) is 11.7 Å². The summed E-state index contributed by atoms with van der Waals surface area (Å²) in [7, 11) is 0. The minimum Gasteiger partial charge on any atom is -0.507 e. The third-order valence-corrected chi connectivity index (χ3v) is 6.59. The number of ether oxygens (including phenoxy) is 1. The van der Waals surface area contributed by atoms with Crippen molar-refractivity contribution in [2.24, 2.45) is 0 Å². The van der Waals surface area contributed by atoms with Crippen molar-refractivity contribution in [1.29, 1.82) is 0 Å². The van der Waals surface area contributed by atoms with Crippen LogP contribution in [-0.4, -0.2) is 28.3 Å². The first kappa shape index (κ1) is 25.5. The van der Waals surface area contributed by atoms with Gasteiger partial charge in [0.15, 0.2) is 0 Å². The summed E-state index contributed by atoms with van der Waals surface area (Å²) >= 11 is 6.01. The number of hydrogen-bond acceptors (Lipinski definition) is 4. The second-order valence-corrected chi connectivity index (χ2v) is 10.3. The summed E-state index contributed by atoms with van der Waals surface area (Å²) in [6.07, 6.45) is 0. The summed E-state index contributed by atoms with van der Waals surface area (Å²) in [6, 6.07) is 21.1. The number of hydrogen-bond donors (Lipinski definition) is 1. The molecule has 0 spiro atoms. The summed E-state index contributed by atoms with van der Waals surface area (Å²) in [4.78, 5) is 28.1. The van der Waals surface area contributed by atoms with Gasteiger partial charge in [-0.25, -0.2) is 0 Å². The molecular weight excluding hydrogens is 474 g/mol. The van der Waals surface area contributed by atoms with Crippen molar-refractivity contribution in [1.82, 2.24) is 4.90 Å². The standard InChI is InChI=1S/C30H30ClNO4/c1-5-36-24-16-6-19(7-17-24)18-32-26(20-8-12-22(13-9-20)30(2,3)4)25(28(34)29(32)35)27(33)21-10-14-23(31)15-11-21/h6-17,26,33H,5,18H2,1-4H3/b27-25-. The molecule has 4 rings (SSSR count). The smallest absolute Gasteiger partial charge is 0.295 e. The largest absolute Gasteiger partial charge is 0.507 e. The van der Waals surface area contributed by atoms with Crippen LogP contribution in [0.15, 0.2) is 78.4 Å². The number of carbonyl (C=O) groups is 2. The molecule has 6 heteroatoms. The van der Waals surface area contributed by atoms with Gasteiger partial charge in [-0.15, -0.1) is 0 Å². The average Bonchev–Trinajstić information content (AvgIpc) is 3.10. The Morgan fingerprint density at radius 3 is 2.11 bits per heavy atom. The van der Waals surface area contributed by atoms with Crippen molar-refractivity contribution in [3.05, 3.63) is 106 Å². The molecule has 1 unspecified atom stereocenters. The van der Waals surface area contributed by atoms with Gasteiger partial charge < -0.3 is 14.7 Å². The molecule has 1 heterocycles. The van der Waals surface area contributed by atoms with Gasteiger partial charge in [0.1, 0.15) is 11.5 Å². The molecule has 186 valence electrons. The lowest BCUT2D eigenvalue weighted by atomic mass is 9.85. The van der Waals surface area contributed by atoms with Crippen molar-refractivity contribution in [3.8, 4) is 5.75 Å². The SMILES string of the molecule is CCOc1ccc(CN2C(=O)C(=O)/C(=C(\O)c3ccc(Cl)cc3)C2c2ccc(C(C)(C)C)cc2)cc1. The first-order valence-electron chi connectivity index (χ1n) is 12.0. The normalized spacial score (nSPS) is 17.5. The van der Waals surface area contributed by atoms with Crippen LogP contribution in [0.5, 0.6) is 5.75 Å². The molecular formula is C30H30ClNO4. The van der Waals surface area contributed by atoms with Crippen LogP contribution in [0.4, 0.5) is 0 Å². The van der Waals surface area contributed by atoms with Crippen molar-refractivity contribution in [2.45, 2.75) is 45.7 Å². The number of rotatable bonds is 6. The average molecular weight is 504 g/mol. The zero-order chi connectivity index (χ0) is 26.0. The first-order chi connectivity index (χ1) is 17.1. The second-order valence-electron chi connectivity index (χ2n) is 9.88. The molecule has 1 aliphatic rings.